The van der Waals surface area contributed by atoms with Crippen molar-refractivity contribution in [3.63, 3.8) is 0 Å². The van der Waals surface area contributed by atoms with E-state index in [2.05, 4.69) is 10.5 Å². The van der Waals surface area contributed by atoms with Crippen LogP contribution in [0.1, 0.15) is 31.8 Å². The van der Waals surface area contributed by atoms with Crippen LogP contribution in [0, 0.1) is 6.92 Å². The third-order valence-corrected chi connectivity index (χ3v) is 4.93. The number of nitrogens with one attached hydrogen (secondary N) is 1. The summed E-state index contributed by atoms with van der Waals surface area (Å²) in [5.74, 6) is -0.876. The second-order valence-electron chi connectivity index (χ2n) is 7.17. The van der Waals surface area contributed by atoms with Crippen LogP contribution < -0.4 is 10.2 Å². The molecule has 2 N–H and O–H groups in total. The number of hydrazone groups is 1. The fourth-order valence-electron chi connectivity index (χ4n) is 3.23. The molecule has 0 saturated carbocycles. The number of phenols is 1. The molecule has 1 amide bonds. The van der Waals surface area contributed by atoms with Gasteiger partial charge in [0.2, 0.25) is 0 Å². The molecule has 32 heavy (non-hydrogen) atoms. The SMILES string of the molecule is Cc1ccc(C(=O)Oc2ccc3ccccc3c2/C=N/NC(=O)c2ccccc2O)cc1. The molecule has 0 aromatic heterocycles. The number of nitrogens with zero attached hydrogens (tertiary/aromatic N) is 1. The number of esters is 1. The molecule has 0 radical (unpaired) electrons. The number of hydrogen-bond acceptors (Lipinski definition) is 5. The van der Waals surface area contributed by atoms with Crippen molar-refractivity contribution in [1.82, 2.24) is 5.43 Å². The Morgan fingerprint density at radius 2 is 1.62 bits per heavy atom. The number of aryl methyl sites for hydroxylation is 1. The van der Waals surface area contributed by atoms with Gasteiger partial charge in [-0.1, -0.05) is 60.2 Å². The summed E-state index contributed by atoms with van der Waals surface area (Å²) in [6.45, 7) is 1.94. The zero-order chi connectivity index (χ0) is 22.5. The monoisotopic (exact) mass is 424 g/mol. The van der Waals surface area contributed by atoms with Crippen LogP contribution in [0.3, 0.4) is 0 Å². The molecule has 0 unspecified atom stereocenters. The van der Waals surface area contributed by atoms with E-state index >= 15 is 0 Å². The Balaban J connectivity index is 1.63. The molecule has 0 heterocycles. The van der Waals surface area contributed by atoms with Crippen LogP contribution in [-0.4, -0.2) is 23.2 Å². The van der Waals surface area contributed by atoms with Gasteiger partial charge in [0, 0.05) is 5.56 Å². The van der Waals surface area contributed by atoms with E-state index in [4.69, 9.17) is 4.74 Å². The van der Waals surface area contributed by atoms with Crippen molar-refractivity contribution in [3.05, 3.63) is 107 Å². The molecule has 6 nitrogen and oxygen atoms in total. The highest BCUT2D eigenvalue weighted by atomic mass is 16.5. The van der Waals surface area contributed by atoms with Crippen LogP contribution in [0.4, 0.5) is 0 Å². The van der Waals surface area contributed by atoms with Gasteiger partial charge in [-0.2, -0.15) is 5.10 Å². The molecule has 0 bridgehead atoms. The number of ether oxygens (including phenoxy) is 1. The second-order valence-corrected chi connectivity index (χ2v) is 7.17. The lowest BCUT2D eigenvalue weighted by molar-refractivity contribution is 0.0734. The lowest BCUT2D eigenvalue weighted by Gasteiger charge is -2.11. The van der Waals surface area contributed by atoms with Gasteiger partial charge in [0.05, 0.1) is 17.3 Å². The molecule has 0 aliphatic carbocycles. The topological polar surface area (TPSA) is 88.0 Å². The van der Waals surface area contributed by atoms with E-state index in [1.165, 1.54) is 18.3 Å². The molecule has 4 aromatic carbocycles. The Labute approximate surface area is 184 Å². The fraction of sp³-hybridized carbons (Fsp3) is 0.0385. The molecule has 0 saturated heterocycles. The molecule has 0 aliphatic heterocycles. The van der Waals surface area contributed by atoms with E-state index in [1.54, 1.807) is 30.3 Å². The maximum absolute atomic E-state index is 12.7. The van der Waals surface area contributed by atoms with Crippen molar-refractivity contribution >= 4 is 28.9 Å². The Kier molecular flexibility index (Phi) is 5.94. The molecular formula is C26H20N2O4. The summed E-state index contributed by atoms with van der Waals surface area (Å²) < 4.78 is 5.66. The summed E-state index contributed by atoms with van der Waals surface area (Å²) in [5.41, 5.74) is 4.52. The van der Waals surface area contributed by atoms with Crippen molar-refractivity contribution in [2.24, 2.45) is 5.10 Å². The van der Waals surface area contributed by atoms with E-state index in [0.29, 0.717) is 16.9 Å². The van der Waals surface area contributed by atoms with Gasteiger partial charge < -0.3 is 9.84 Å². The Hall–Kier alpha value is -4.45. The maximum Gasteiger partial charge on any atom is 0.343 e. The Morgan fingerprint density at radius 1 is 0.906 bits per heavy atom. The number of amides is 1. The first kappa shape index (κ1) is 20.8. The Morgan fingerprint density at radius 3 is 2.41 bits per heavy atom. The first-order valence-electron chi connectivity index (χ1n) is 9.95. The van der Waals surface area contributed by atoms with Crippen LogP contribution in [0.5, 0.6) is 11.5 Å². The number of para-hydroxylation sites is 1. The van der Waals surface area contributed by atoms with Crippen LogP contribution in [0.25, 0.3) is 10.8 Å². The predicted octanol–water partition coefficient (Wildman–Crippen LogP) is 4.84. The molecule has 4 aromatic rings. The molecule has 4 rings (SSSR count). The van der Waals surface area contributed by atoms with Gasteiger partial charge in [-0.25, -0.2) is 10.2 Å². The van der Waals surface area contributed by atoms with Gasteiger partial charge in [0.1, 0.15) is 11.5 Å². The standard InChI is InChI=1S/C26H20N2O4/c1-17-10-12-19(13-11-17)26(31)32-24-15-14-18-6-2-3-7-20(18)22(24)16-27-28-25(30)21-8-4-5-9-23(21)29/h2-16,29H,1H3,(H,28,30)/b27-16+. The summed E-state index contributed by atoms with van der Waals surface area (Å²) in [5, 5.41) is 15.6. The molecule has 0 fully saturated rings. The number of fused-ring (bicyclic) bond motifs is 1. The predicted molar refractivity (Wildman–Crippen MR) is 123 cm³/mol. The van der Waals surface area contributed by atoms with Crippen molar-refractivity contribution in [2.45, 2.75) is 6.92 Å². The summed E-state index contributed by atoms with van der Waals surface area (Å²) in [6.07, 6.45) is 1.43. The first-order valence-corrected chi connectivity index (χ1v) is 9.95. The minimum absolute atomic E-state index is 0.105. The van der Waals surface area contributed by atoms with Crippen LogP contribution >= 0.6 is 0 Å². The van der Waals surface area contributed by atoms with Crippen LogP contribution in [0.15, 0.2) is 90.0 Å². The average Bonchev–Trinajstić information content (AvgIpc) is 2.80. The lowest BCUT2D eigenvalue weighted by Crippen LogP contribution is -2.18. The Bertz CT molecular complexity index is 1330. The van der Waals surface area contributed by atoms with Gasteiger partial charge in [-0.15, -0.1) is 0 Å². The number of aromatic hydroxyl groups is 1. The van der Waals surface area contributed by atoms with Crippen molar-refractivity contribution < 1.29 is 19.4 Å². The van der Waals surface area contributed by atoms with Gasteiger partial charge >= 0.3 is 5.97 Å². The zero-order valence-corrected chi connectivity index (χ0v) is 17.3. The lowest BCUT2D eigenvalue weighted by atomic mass is 10.0. The minimum atomic E-state index is -0.558. The molecule has 158 valence electrons. The van der Waals surface area contributed by atoms with E-state index in [1.807, 2.05) is 49.4 Å². The summed E-state index contributed by atoms with van der Waals surface area (Å²) >= 11 is 0. The highest BCUT2D eigenvalue weighted by molar-refractivity contribution is 6.04. The quantitative estimate of drug-likeness (QED) is 0.208. The molecule has 0 aliphatic rings. The largest absolute Gasteiger partial charge is 0.507 e. The maximum atomic E-state index is 12.7. The number of benzene rings is 4. The minimum Gasteiger partial charge on any atom is -0.507 e. The summed E-state index contributed by atoms with van der Waals surface area (Å²) in [7, 11) is 0. The highest BCUT2D eigenvalue weighted by Gasteiger charge is 2.14. The van der Waals surface area contributed by atoms with Crippen LogP contribution in [0.2, 0.25) is 0 Å². The number of rotatable bonds is 5. The third-order valence-electron chi connectivity index (χ3n) is 4.93. The highest BCUT2D eigenvalue weighted by Crippen LogP contribution is 2.27. The van der Waals surface area contributed by atoms with Gasteiger partial charge in [-0.05, 0) is 48.0 Å². The molecule has 6 heteroatoms. The smallest absolute Gasteiger partial charge is 0.343 e. The molecule has 0 spiro atoms. The summed E-state index contributed by atoms with van der Waals surface area (Å²) in [6, 6.07) is 24.4. The first-order chi connectivity index (χ1) is 15.5. The number of carbonyl (C=O) groups excluding carboxylic acids is 2. The van der Waals surface area contributed by atoms with Crippen molar-refractivity contribution in [1.29, 1.82) is 0 Å². The zero-order valence-electron chi connectivity index (χ0n) is 17.3. The van der Waals surface area contributed by atoms with Crippen LogP contribution in [-0.2, 0) is 0 Å². The third kappa shape index (κ3) is 4.49. The normalized spacial score (nSPS) is 10.9. The van der Waals surface area contributed by atoms with Gasteiger partial charge in [0.25, 0.3) is 5.91 Å². The molecular weight excluding hydrogens is 404 g/mol. The van der Waals surface area contributed by atoms with Gasteiger partial charge in [0.15, 0.2) is 0 Å². The average molecular weight is 424 g/mol. The van der Waals surface area contributed by atoms with E-state index < -0.39 is 11.9 Å². The van der Waals surface area contributed by atoms with Crippen molar-refractivity contribution in [3.8, 4) is 11.5 Å². The number of carbonyl (C=O) groups is 2. The molecule has 0 atom stereocenters. The van der Waals surface area contributed by atoms with E-state index in [9.17, 15) is 14.7 Å². The summed E-state index contributed by atoms with van der Waals surface area (Å²) in [4.78, 5) is 25.0. The number of phenolic OH excluding ortho intramolecular Hbond substituents is 1. The fourth-order valence-corrected chi connectivity index (χ4v) is 3.23. The van der Waals surface area contributed by atoms with E-state index in [-0.39, 0.29) is 11.3 Å². The number of hydrogen-bond donors (Lipinski definition) is 2. The second kappa shape index (κ2) is 9.14. The van der Waals surface area contributed by atoms with Crippen molar-refractivity contribution in [2.75, 3.05) is 0 Å². The van der Waals surface area contributed by atoms with Gasteiger partial charge in [-0.3, -0.25) is 4.79 Å². The van der Waals surface area contributed by atoms with E-state index in [0.717, 1.165) is 16.3 Å².